The second-order valence-electron chi connectivity index (χ2n) is 5.93. The summed E-state index contributed by atoms with van der Waals surface area (Å²) in [6.07, 6.45) is 5.21. The standard InChI is InChI=1S/C16H18N2O4/c17-7-11-13(9-4-2-1-3-5-9)15-14(22-16(11)18)12(20)6-10(8-19)21-15/h6,9,11,13,18-19H,1-5,8H2. The van der Waals surface area contributed by atoms with Crippen LogP contribution >= 0.6 is 0 Å². The van der Waals surface area contributed by atoms with Crippen LogP contribution in [0.3, 0.4) is 0 Å². The molecule has 6 heteroatoms. The van der Waals surface area contributed by atoms with Crippen molar-refractivity contribution < 1.29 is 14.3 Å². The van der Waals surface area contributed by atoms with Crippen molar-refractivity contribution in [3.63, 3.8) is 0 Å². The van der Waals surface area contributed by atoms with E-state index in [4.69, 9.17) is 14.6 Å². The lowest BCUT2D eigenvalue weighted by Crippen LogP contribution is -2.37. The second-order valence-corrected chi connectivity index (χ2v) is 5.93. The van der Waals surface area contributed by atoms with Crippen molar-refractivity contribution in [1.29, 1.82) is 10.7 Å². The quantitative estimate of drug-likeness (QED) is 0.871. The van der Waals surface area contributed by atoms with Crippen LogP contribution in [0.1, 0.15) is 49.5 Å². The van der Waals surface area contributed by atoms with Gasteiger partial charge in [0, 0.05) is 12.0 Å². The largest absolute Gasteiger partial charge is 0.459 e. The number of nitrogens with zero attached hydrogens (tertiary/aromatic N) is 1. The van der Waals surface area contributed by atoms with Crippen LogP contribution in [0, 0.1) is 28.6 Å². The summed E-state index contributed by atoms with van der Waals surface area (Å²) in [5.74, 6) is -0.588. The van der Waals surface area contributed by atoms with Crippen LogP contribution in [0.4, 0.5) is 0 Å². The Labute approximate surface area is 127 Å². The third kappa shape index (κ3) is 2.42. The highest BCUT2D eigenvalue weighted by atomic mass is 16.5. The monoisotopic (exact) mass is 302 g/mol. The molecule has 1 saturated carbocycles. The minimum atomic E-state index is -0.743. The van der Waals surface area contributed by atoms with Gasteiger partial charge < -0.3 is 14.3 Å². The van der Waals surface area contributed by atoms with Crippen LogP contribution < -0.4 is 10.2 Å². The van der Waals surface area contributed by atoms with Gasteiger partial charge in [-0.2, -0.15) is 5.26 Å². The van der Waals surface area contributed by atoms with Crippen LogP contribution in [0.5, 0.6) is 5.75 Å². The van der Waals surface area contributed by atoms with E-state index in [1.807, 2.05) is 0 Å². The molecule has 0 aromatic carbocycles. The molecule has 2 unspecified atom stereocenters. The van der Waals surface area contributed by atoms with Crippen molar-refractivity contribution in [2.75, 3.05) is 0 Å². The van der Waals surface area contributed by atoms with E-state index in [2.05, 4.69) is 6.07 Å². The third-order valence-electron chi connectivity index (χ3n) is 4.59. The molecule has 1 aromatic rings. The summed E-state index contributed by atoms with van der Waals surface area (Å²) in [5.41, 5.74) is -0.410. The van der Waals surface area contributed by atoms with Crippen LogP contribution in [0.15, 0.2) is 15.3 Å². The SMILES string of the molecule is N#CC1C(=N)Oc2c(oc(CO)cc2=O)C1C1CCCCC1. The lowest BCUT2D eigenvalue weighted by atomic mass is 9.72. The molecule has 1 aliphatic carbocycles. The molecule has 2 atom stereocenters. The summed E-state index contributed by atoms with van der Waals surface area (Å²) in [4.78, 5) is 12.1. The Morgan fingerprint density at radius 1 is 1.36 bits per heavy atom. The first-order chi connectivity index (χ1) is 10.7. The first-order valence-corrected chi connectivity index (χ1v) is 7.59. The molecule has 0 amide bonds. The van der Waals surface area contributed by atoms with Gasteiger partial charge in [-0.25, -0.2) is 0 Å². The summed E-state index contributed by atoms with van der Waals surface area (Å²) in [5, 5.41) is 26.6. The molecular formula is C16H18N2O4. The number of hydrogen-bond donors (Lipinski definition) is 2. The summed E-state index contributed by atoms with van der Waals surface area (Å²) < 4.78 is 10.9. The van der Waals surface area contributed by atoms with Crippen LogP contribution in [0.2, 0.25) is 0 Å². The Bertz CT molecular complexity index is 682. The molecule has 1 fully saturated rings. The Morgan fingerprint density at radius 2 is 2.09 bits per heavy atom. The molecule has 1 aromatic heterocycles. The average Bonchev–Trinajstić information content (AvgIpc) is 2.55. The van der Waals surface area contributed by atoms with Crippen molar-refractivity contribution >= 4 is 5.90 Å². The summed E-state index contributed by atoms with van der Waals surface area (Å²) in [6.45, 7) is -0.380. The molecule has 22 heavy (non-hydrogen) atoms. The molecule has 116 valence electrons. The number of aliphatic hydroxyl groups is 1. The van der Waals surface area contributed by atoms with Crippen molar-refractivity contribution in [3.05, 3.63) is 27.8 Å². The van der Waals surface area contributed by atoms with Gasteiger partial charge in [0.05, 0.1) is 6.07 Å². The molecular weight excluding hydrogens is 284 g/mol. The molecule has 1 aliphatic heterocycles. The maximum Gasteiger partial charge on any atom is 0.228 e. The molecule has 2 aliphatic rings. The van der Waals surface area contributed by atoms with Crippen molar-refractivity contribution in [2.45, 2.75) is 44.6 Å². The minimum Gasteiger partial charge on any atom is -0.459 e. The Morgan fingerprint density at radius 3 is 2.73 bits per heavy atom. The molecule has 0 saturated heterocycles. The van der Waals surface area contributed by atoms with E-state index in [-0.39, 0.29) is 35.9 Å². The molecule has 0 radical (unpaired) electrons. The topological polar surface area (TPSA) is 107 Å². The van der Waals surface area contributed by atoms with Gasteiger partial charge >= 0.3 is 0 Å². The summed E-state index contributed by atoms with van der Waals surface area (Å²) in [7, 11) is 0. The summed E-state index contributed by atoms with van der Waals surface area (Å²) in [6, 6.07) is 3.30. The zero-order valence-corrected chi connectivity index (χ0v) is 12.2. The Kier molecular flexibility index (Phi) is 3.99. The van der Waals surface area contributed by atoms with E-state index in [0.717, 1.165) is 25.7 Å². The van der Waals surface area contributed by atoms with E-state index in [1.165, 1.54) is 12.5 Å². The fourth-order valence-corrected chi connectivity index (χ4v) is 3.55. The zero-order chi connectivity index (χ0) is 15.7. The lowest BCUT2D eigenvalue weighted by molar-refractivity contribution is 0.199. The molecule has 2 N–H and O–H groups in total. The van der Waals surface area contributed by atoms with Gasteiger partial charge in [0.25, 0.3) is 0 Å². The van der Waals surface area contributed by atoms with E-state index in [1.54, 1.807) is 0 Å². The number of aliphatic hydroxyl groups excluding tert-OH is 1. The van der Waals surface area contributed by atoms with Gasteiger partial charge in [-0.15, -0.1) is 0 Å². The Hall–Kier alpha value is -2.13. The number of ether oxygens (including phenoxy) is 1. The van der Waals surface area contributed by atoms with Crippen molar-refractivity contribution in [2.24, 2.45) is 11.8 Å². The molecule has 6 nitrogen and oxygen atoms in total. The van der Waals surface area contributed by atoms with Crippen LogP contribution in [0.25, 0.3) is 0 Å². The molecule has 0 bridgehead atoms. The summed E-state index contributed by atoms with van der Waals surface area (Å²) >= 11 is 0. The smallest absolute Gasteiger partial charge is 0.228 e. The zero-order valence-electron chi connectivity index (χ0n) is 12.2. The number of nitriles is 1. The third-order valence-corrected chi connectivity index (χ3v) is 4.59. The number of rotatable bonds is 2. The fraction of sp³-hybridized carbons (Fsp3) is 0.562. The average molecular weight is 302 g/mol. The van der Waals surface area contributed by atoms with Crippen molar-refractivity contribution in [3.8, 4) is 11.8 Å². The predicted molar refractivity (Wildman–Crippen MR) is 77.7 cm³/mol. The van der Waals surface area contributed by atoms with E-state index in [9.17, 15) is 15.2 Å². The van der Waals surface area contributed by atoms with Gasteiger partial charge in [-0.3, -0.25) is 10.2 Å². The van der Waals surface area contributed by atoms with E-state index in [0.29, 0.717) is 5.76 Å². The highest BCUT2D eigenvalue weighted by molar-refractivity contribution is 5.83. The lowest BCUT2D eigenvalue weighted by Gasteiger charge is -2.35. The first-order valence-electron chi connectivity index (χ1n) is 7.59. The van der Waals surface area contributed by atoms with Crippen LogP contribution in [-0.2, 0) is 6.61 Å². The van der Waals surface area contributed by atoms with Gasteiger partial charge in [-0.1, -0.05) is 19.3 Å². The second kappa shape index (κ2) is 5.93. The highest BCUT2D eigenvalue weighted by Gasteiger charge is 2.43. The first kappa shape index (κ1) is 14.8. The maximum absolute atomic E-state index is 12.1. The maximum atomic E-state index is 12.1. The highest BCUT2D eigenvalue weighted by Crippen LogP contribution is 2.46. The number of fused-ring (bicyclic) bond motifs is 1. The van der Waals surface area contributed by atoms with E-state index < -0.39 is 11.3 Å². The van der Waals surface area contributed by atoms with E-state index >= 15 is 0 Å². The Balaban J connectivity index is 2.13. The van der Waals surface area contributed by atoms with Gasteiger partial charge in [0.15, 0.2) is 5.76 Å². The van der Waals surface area contributed by atoms with Gasteiger partial charge in [-0.05, 0) is 18.8 Å². The fourth-order valence-electron chi connectivity index (χ4n) is 3.55. The molecule has 3 rings (SSSR count). The predicted octanol–water partition coefficient (Wildman–Crippen LogP) is 2.31. The van der Waals surface area contributed by atoms with Crippen LogP contribution in [-0.4, -0.2) is 11.0 Å². The normalized spacial score (nSPS) is 25.2. The molecule has 2 heterocycles. The number of nitrogens with one attached hydrogen (secondary N) is 1. The minimum absolute atomic E-state index is 0.00396. The van der Waals surface area contributed by atoms with Gasteiger partial charge in [0.2, 0.25) is 17.1 Å². The molecule has 0 spiro atoms. The van der Waals surface area contributed by atoms with Crippen molar-refractivity contribution in [1.82, 2.24) is 0 Å². The number of hydrogen-bond acceptors (Lipinski definition) is 6. The van der Waals surface area contributed by atoms with Gasteiger partial charge in [0.1, 0.15) is 18.3 Å².